The number of aryl methyl sites for hydroxylation is 1. The minimum absolute atomic E-state index is 0.522. The van der Waals surface area contributed by atoms with Gasteiger partial charge >= 0.3 is 0 Å². The summed E-state index contributed by atoms with van der Waals surface area (Å²) < 4.78 is 0. The van der Waals surface area contributed by atoms with Crippen molar-refractivity contribution in [1.29, 1.82) is 0 Å². The number of hydrogen-bond acceptors (Lipinski definition) is 5. The van der Waals surface area contributed by atoms with Crippen molar-refractivity contribution in [3.05, 3.63) is 10.6 Å². The summed E-state index contributed by atoms with van der Waals surface area (Å²) >= 11 is 1.86. The molecule has 1 atom stereocenters. The fraction of sp³-hybridized carbons (Fsp3) is 0.800. The molecule has 0 radical (unpaired) electrons. The van der Waals surface area contributed by atoms with E-state index >= 15 is 0 Å². The van der Waals surface area contributed by atoms with Crippen LogP contribution in [0.1, 0.15) is 37.3 Å². The predicted octanol–water partition coefficient (Wildman–Crippen LogP) is 2.48. The molecule has 5 heteroatoms. The van der Waals surface area contributed by atoms with Gasteiger partial charge in [0.2, 0.25) is 0 Å². The molecule has 1 fully saturated rings. The van der Waals surface area contributed by atoms with Gasteiger partial charge in [0, 0.05) is 36.6 Å². The summed E-state index contributed by atoms with van der Waals surface area (Å²) in [6, 6.07) is 1.15. The fourth-order valence-corrected chi connectivity index (χ4v) is 3.80. The first-order valence-electron chi connectivity index (χ1n) is 7.58. The van der Waals surface area contributed by atoms with Crippen LogP contribution in [0.25, 0.3) is 0 Å². The van der Waals surface area contributed by atoms with E-state index in [1.807, 2.05) is 11.3 Å². The Bertz CT molecular complexity index is 428. The highest BCUT2D eigenvalue weighted by Gasteiger charge is 2.27. The molecule has 1 saturated heterocycles. The summed E-state index contributed by atoms with van der Waals surface area (Å²) in [5.74, 6) is 0. The normalized spacial score (nSPS) is 19.6. The maximum absolute atomic E-state index is 4.81. The molecular weight excluding hydrogens is 268 g/mol. The molecule has 0 bridgehead atoms. The van der Waals surface area contributed by atoms with Crippen molar-refractivity contribution >= 4 is 16.5 Å². The Morgan fingerprint density at radius 3 is 2.85 bits per heavy atom. The van der Waals surface area contributed by atoms with Crippen LogP contribution in [-0.4, -0.2) is 49.2 Å². The van der Waals surface area contributed by atoms with Crippen LogP contribution < -0.4 is 10.2 Å². The van der Waals surface area contributed by atoms with Gasteiger partial charge in [0.25, 0.3) is 0 Å². The van der Waals surface area contributed by atoms with E-state index in [9.17, 15) is 0 Å². The molecule has 1 aliphatic rings. The maximum Gasteiger partial charge on any atom is 0.186 e. The number of nitrogens with zero attached hydrogens (tertiary/aromatic N) is 3. The van der Waals surface area contributed by atoms with Crippen molar-refractivity contribution in [3.8, 4) is 0 Å². The SMILES string of the molecule is Cc1nc(N2CCCC2CN(C)C)sc1CNC(C)C. The number of nitrogens with one attached hydrogen (secondary N) is 1. The van der Waals surface area contributed by atoms with Gasteiger partial charge in [-0.2, -0.15) is 0 Å². The lowest BCUT2D eigenvalue weighted by molar-refractivity contribution is 0.372. The minimum Gasteiger partial charge on any atom is -0.344 e. The highest BCUT2D eigenvalue weighted by molar-refractivity contribution is 7.15. The number of aromatic nitrogens is 1. The summed E-state index contributed by atoms with van der Waals surface area (Å²) in [4.78, 5) is 11.0. The van der Waals surface area contributed by atoms with Crippen molar-refractivity contribution in [2.75, 3.05) is 32.1 Å². The van der Waals surface area contributed by atoms with Gasteiger partial charge in [-0.15, -0.1) is 11.3 Å². The predicted molar refractivity (Wildman–Crippen MR) is 87.7 cm³/mol. The van der Waals surface area contributed by atoms with Crippen LogP contribution in [0, 0.1) is 6.92 Å². The Labute approximate surface area is 127 Å². The molecule has 1 N–H and O–H groups in total. The average molecular weight is 296 g/mol. The molecule has 1 aromatic rings. The summed E-state index contributed by atoms with van der Waals surface area (Å²) in [6.07, 6.45) is 2.58. The lowest BCUT2D eigenvalue weighted by Gasteiger charge is -2.26. The first kappa shape index (κ1) is 15.7. The van der Waals surface area contributed by atoms with Crippen LogP contribution >= 0.6 is 11.3 Å². The molecule has 0 aromatic carbocycles. The minimum atomic E-state index is 0.522. The van der Waals surface area contributed by atoms with Crippen molar-refractivity contribution in [1.82, 2.24) is 15.2 Å². The van der Waals surface area contributed by atoms with Crippen LogP contribution in [0.15, 0.2) is 0 Å². The number of hydrogen-bond donors (Lipinski definition) is 1. The standard InChI is InChI=1S/C15H28N4S/c1-11(2)16-9-14-12(3)17-15(20-14)19-8-6-7-13(19)10-18(4)5/h11,13,16H,6-10H2,1-5H3. The van der Waals surface area contributed by atoms with E-state index in [1.54, 1.807) is 0 Å². The van der Waals surface area contributed by atoms with Gasteiger partial charge in [-0.25, -0.2) is 4.98 Å². The third-order valence-electron chi connectivity index (χ3n) is 3.75. The van der Waals surface area contributed by atoms with Gasteiger partial charge in [0.15, 0.2) is 5.13 Å². The summed E-state index contributed by atoms with van der Waals surface area (Å²) in [5, 5.41) is 4.71. The maximum atomic E-state index is 4.81. The lowest BCUT2D eigenvalue weighted by atomic mass is 10.2. The lowest BCUT2D eigenvalue weighted by Crippen LogP contribution is -2.37. The smallest absolute Gasteiger partial charge is 0.186 e. The van der Waals surface area contributed by atoms with E-state index < -0.39 is 0 Å². The van der Waals surface area contributed by atoms with E-state index in [-0.39, 0.29) is 0 Å². The molecule has 20 heavy (non-hydrogen) atoms. The van der Waals surface area contributed by atoms with E-state index in [2.05, 4.69) is 50.0 Å². The first-order valence-corrected chi connectivity index (χ1v) is 8.40. The monoisotopic (exact) mass is 296 g/mol. The Kier molecular flexibility index (Phi) is 5.41. The molecular formula is C15H28N4S. The zero-order valence-corrected chi connectivity index (χ0v) is 14.3. The number of anilines is 1. The molecule has 1 aliphatic heterocycles. The first-order chi connectivity index (χ1) is 9.47. The second-order valence-corrected chi connectivity index (χ2v) is 7.35. The third kappa shape index (κ3) is 3.93. The molecule has 114 valence electrons. The molecule has 0 amide bonds. The van der Waals surface area contributed by atoms with Gasteiger partial charge < -0.3 is 15.1 Å². The quantitative estimate of drug-likeness (QED) is 0.874. The molecule has 1 aromatic heterocycles. The number of rotatable bonds is 6. The van der Waals surface area contributed by atoms with E-state index in [0.29, 0.717) is 12.1 Å². The Hall–Kier alpha value is -0.650. The van der Waals surface area contributed by atoms with Crippen LogP contribution in [0.2, 0.25) is 0 Å². The molecule has 0 spiro atoms. The van der Waals surface area contributed by atoms with Crippen LogP contribution in [0.4, 0.5) is 5.13 Å². The number of likely N-dealkylation sites (N-methyl/N-ethyl adjacent to an activating group) is 1. The van der Waals surface area contributed by atoms with Crippen molar-refractivity contribution in [2.24, 2.45) is 0 Å². The second-order valence-electron chi connectivity index (χ2n) is 6.29. The Morgan fingerprint density at radius 2 is 2.20 bits per heavy atom. The van der Waals surface area contributed by atoms with Crippen molar-refractivity contribution < 1.29 is 0 Å². The van der Waals surface area contributed by atoms with Crippen LogP contribution in [0.5, 0.6) is 0 Å². The largest absolute Gasteiger partial charge is 0.344 e. The average Bonchev–Trinajstić information content (AvgIpc) is 2.92. The fourth-order valence-electron chi connectivity index (χ4n) is 2.70. The Morgan fingerprint density at radius 1 is 1.45 bits per heavy atom. The zero-order valence-electron chi connectivity index (χ0n) is 13.4. The highest BCUT2D eigenvalue weighted by atomic mass is 32.1. The summed E-state index contributed by atoms with van der Waals surface area (Å²) in [5.41, 5.74) is 1.19. The third-order valence-corrected chi connectivity index (χ3v) is 4.95. The van der Waals surface area contributed by atoms with E-state index in [1.165, 1.54) is 28.5 Å². The van der Waals surface area contributed by atoms with Crippen molar-refractivity contribution in [3.63, 3.8) is 0 Å². The van der Waals surface area contributed by atoms with Gasteiger partial charge in [0.05, 0.1) is 5.69 Å². The topological polar surface area (TPSA) is 31.4 Å². The molecule has 1 unspecified atom stereocenters. The van der Waals surface area contributed by atoms with E-state index in [4.69, 9.17) is 4.98 Å². The van der Waals surface area contributed by atoms with Gasteiger partial charge in [-0.1, -0.05) is 13.8 Å². The zero-order chi connectivity index (χ0) is 14.7. The summed E-state index contributed by atoms with van der Waals surface area (Å²) in [7, 11) is 4.31. The van der Waals surface area contributed by atoms with Crippen molar-refractivity contribution in [2.45, 2.75) is 52.2 Å². The molecule has 2 heterocycles. The highest BCUT2D eigenvalue weighted by Crippen LogP contribution is 2.31. The molecule has 4 nitrogen and oxygen atoms in total. The Balaban J connectivity index is 2.06. The number of thiazole rings is 1. The second kappa shape index (κ2) is 6.87. The van der Waals surface area contributed by atoms with Gasteiger partial charge in [0.1, 0.15) is 0 Å². The summed E-state index contributed by atoms with van der Waals surface area (Å²) in [6.45, 7) is 9.72. The van der Waals surface area contributed by atoms with Gasteiger partial charge in [-0.05, 0) is 33.9 Å². The van der Waals surface area contributed by atoms with Crippen LogP contribution in [-0.2, 0) is 6.54 Å². The molecule has 2 rings (SSSR count). The van der Waals surface area contributed by atoms with E-state index in [0.717, 1.165) is 19.6 Å². The van der Waals surface area contributed by atoms with Crippen LogP contribution in [0.3, 0.4) is 0 Å². The molecule has 0 aliphatic carbocycles. The van der Waals surface area contributed by atoms with Gasteiger partial charge in [-0.3, -0.25) is 0 Å². The molecule has 0 saturated carbocycles.